The largest absolute Gasteiger partial charge is 0.389 e. The fourth-order valence-corrected chi connectivity index (χ4v) is 3.60. The zero-order chi connectivity index (χ0) is 19.0. The summed E-state index contributed by atoms with van der Waals surface area (Å²) in [5.41, 5.74) is 1.72. The van der Waals surface area contributed by atoms with Gasteiger partial charge in [-0.25, -0.2) is 4.39 Å². The highest BCUT2D eigenvalue weighted by Gasteiger charge is 2.31. The van der Waals surface area contributed by atoms with Crippen molar-refractivity contribution in [2.75, 3.05) is 18.1 Å². The number of hydrogen-bond donors (Lipinski definition) is 1. The van der Waals surface area contributed by atoms with Crippen molar-refractivity contribution in [1.29, 1.82) is 0 Å². The molecule has 1 heterocycles. The van der Waals surface area contributed by atoms with Crippen molar-refractivity contribution in [1.82, 2.24) is 0 Å². The molecular formula is C21H17ClFNO3. The normalized spacial score (nSPS) is 14.2. The Hall–Kier alpha value is -2.47. The van der Waals surface area contributed by atoms with E-state index < -0.39 is 6.10 Å². The van der Waals surface area contributed by atoms with Gasteiger partial charge in [0.15, 0.2) is 0 Å². The monoisotopic (exact) mass is 385 g/mol. The fourth-order valence-electron chi connectivity index (χ4n) is 3.38. The molecule has 1 aliphatic heterocycles. The maximum atomic E-state index is 13.6. The Morgan fingerprint density at radius 3 is 2.74 bits per heavy atom. The summed E-state index contributed by atoms with van der Waals surface area (Å²) in [6.07, 6.45) is -0.902. The Morgan fingerprint density at radius 2 is 1.93 bits per heavy atom. The number of aliphatic hydroxyl groups is 1. The number of carbonyl (C=O) groups excluding carboxylic acids is 1. The van der Waals surface area contributed by atoms with Crippen molar-refractivity contribution in [3.63, 3.8) is 0 Å². The summed E-state index contributed by atoms with van der Waals surface area (Å²) in [5.74, 6) is -0.522. The summed E-state index contributed by atoms with van der Waals surface area (Å²) in [6.45, 7) is 0.135. The van der Waals surface area contributed by atoms with E-state index in [-0.39, 0.29) is 31.5 Å². The summed E-state index contributed by atoms with van der Waals surface area (Å²) in [4.78, 5) is 14.3. The zero-order valence-electron chi connectivity index (χ0n) is 14.4. The molecule has 3 aromatic rings. The third-order valence-corrected chi connectivity index (χ3v) is 4.98. The quantitative estimate of drug-likeness (QED) is 0.692. The first-order valence-corrected chi connectivity index (χ1v) is 8.96. The van der Waals surface area contributed by atoms with Gasteiger partial charge in [0.05, 0.1) is 31.5 Å². The fraction of sp³-hybridized carbons (Fsp3) is 0.190. The number of ether oxygens (including phenoxy) is 1. The van der Waals surface area contributed by atoms with E-state index in [0.717, 1.165) is 16.5 Å². The Labute approximate surface area is 160 Å². The first-order valence-electron chi connectivity index (χ1n) is 8.58. The molecule has 4 nitrogen and oxygen atoms in total. The molecule has 0 fully saturated rings. The minimum absolute atomic E-state index is 0.00874. The summed E-state index contributed by atoms with van der Waals surface area (Å²) in [6, 6.07) is 15.3. The van der Waals surface area contributed by atoms with Gasteiger partial charge in [0, 0.05) is 26.9 Å². The van der Waals surface area contributed by atoms with Crippen molar-refractivity contribution >= 4 is 34.0 Å². The highest BCUT2D eigenvalue weighted by Crippen LogP contribution is 2.40. The van der Waals surface area contributed by atoms with Crippen LogP contribution in [0.15, 0.2) is 54.6 Å². The molecule has 0 bridgehead atoms. The predicted molar refractivity (Wildman–Crippen MR) is 103 cm³/mol. The topological polar surface area (TPSA) is 49.8 Å². The number of rotatable bonds is 6. The molecule has 0 aliphatic carbocycles. The standard InChI is InChI=1S/C21H17ClFNO3/c22-17-8-9-19-20-15(17)5-3-6-16(20)21(26)24(19)10-14(25)12-27-11-13-4-1-2-7-18(13)23/h1-9,14,25H,10-12H2/t14-/m0/s1. The molecule has 1 N–H and O–H groups in total. The van der Waals surface area contributed by atoms with Gasteiger partial charge in [-0.3, -0.25) is 4.79 Å². The minimum atomic E-state index is -0.902. The molecule has 27 heavy (non-hydrogen) atoms. The summed E-state index contributed by atoms with van der Waals surface area (Å²) in [7, 11) is 0. The van der Waals surface area contributed by atoms with Gasteiger partial charge in [-0.05, 0) is 24.3 Å². The third kappa shape index (κ3) is 3.30. The van der Waals surface area contributed by atoms with Gasteiger partial charge in [0.25, 0.3) is 5.91 Å². The van der Waals surface area contributed by atoms with Crippen LogP contribution < -0.4 is 4.90 Å². The lowest BCUT2D eigenvalue weighted by Gasteiger charge is -2.21. The number of benzene rings is 3. The molecule has 0 aromatic heterocycles. The minimum Gasteiger partial charge on any atom is -0.389 e. The third-order valence-electron chi connectivity index (χ3n) is 4.65. The van der Waals surface area contributed by atoms with Gasteiger partial charge in [-0.2, -0.15) is 0 Å². The molecule has 0 radical (unpaired) electrons. The second-order valence-corrected chi connectivity index (χ2v) is 6.88. The summed E-state index contributed by atoms with van der Waals surface area (Å²) in [5, 5.41) is 12.5. The van der Waals surface area contributed by atoms with Crippen LogP contribution >= 0.6 is 11.6 Å². The second kappa shape index (κ2) is 7.27. The van der Waals surface area contributed by atoms with Crippen LogP contribution in [0.3, 0.4) is 0 Å². The highest BCUT2D eigenvalue weighted by molar-refractivity contribution is 6.38. The van der Waals surface area contributed by atoms with Crippen molar-refractivity contribution in [3.8, 4) is 0 Å². The van der Waals surface area contributed by atoms with Crippen molar-refractivity contribution < 1.29 is 19.0 Å². The molecule has 0 unspecified atom stereocenters. The van der Waals surface area contributed by atoms with Crippen molar-refractivity contribution in [2.24, 2.45) is 0 Å². The number of aliphatic hydroxyl groups excluding tert-OH is 1. The second-order valence-electron chi connectivity index (χ2n) is 6.47. The van der Waals surface area contributed by atoms with Crippen LogP contribution in [0, 0.1) is 5.82 Å². The van der Waals surface area contributed by atoms with E-state index in [1.54, 1.807) is 42.5 Å². The average Bonchev–Trinajstić information content (AvgIpc) is 2.93. The molecule has 0 spiro atoms. The smallest absolute Gasteiger partial charge is 0.259 e. The number of nitrogens with zero attached hydrogens (tertiary/aromatic N) is 1. The lowest BCUT2D eigenvalue weighted by molar-refractivity contribution is 0.0307. The first kappa shape index (κ1) is 17.9. The first-order chi connectivity index (χ1) is 13.1. The van der Waals surface area contributed by atoms with Crippen LogP contribution in [-0.4, -0.2) is 30.3 Å². The van der Waals surface area contributed by atoms with E-state index in [4.69, 9.17) is 16.3 Å². The Bertz CT molecular complexity index is 1020. The number of β-amino-alcohol motifs (C(OH)–C–C–N with tert-alkyl or cyclic N) is 1. The molecule has 4 rings (SSSR count). The molecule has 138 valence electrons. The van der Waals surface area contributed by atoms with Gasteiger partial charge in [0.2, 0.25) is 0 Å². The van der Waals surface area contributed by atoms with Gasteiger partial charge >= 0.3 is 0 Å². The molecule has 1 aliphatic rings. The lowest BCUT2D eigenvalue weighted by atomic mass is 10.1. The number of carbonyl (C=O) groups is 1. The van der Waals surface area contributed by atoms with Crippen molar-refractivity contribution in [3.05, 3.63) is 76.6 Å². The average molecular weight is 386 g/mol. The summed E-state index contributed by atoms with van der Waals surface area (Å²) < 4.78 is 19.0. The van der Waals surface area contributed by atoms with E-state index in [1.807, 2.05) is 6.07 Å². The number of amides is 1. The van der Waals surface area contributed by atoms with Crippen LogP contribution in [0.1, 0.15) is 15.9 Å². The number of halogens is 2. The van der Waals surface area contributed by atoms with Gasteiger partial charge < -0.3 is 14.7 Å². The Kier molecular flexibility index (Phi) is 4.83. The van der Waals surface area contributed by atoms with E-state index in [2.05, 4.69) is 0 Å². The molecular weight excluding hydrogens is 369 g/mol. The van der Waals surface area contributed by atoms with Crippen LogP contribution in [0.2, 0.25) is 5.02 Å². The van der Waals surface area contributed by atoms with Crippen LogP contribution in [0.25, 0.3) is 10.8 Å². The Balaban J connectivity index is 1.45. The Morgan fingerprint density at radius 1 is 1.11 bits per heavy atom. The maximum Gasteiger partial charge on any atom is 0.259 e. The van der Waals surface area contributed by atoms with E-state index in [9.17, 15) is 14.3 Å². The van der Waals surface area contributed by atoms with Crippen LogP contribution in [0.5, 0.6) is 0 Å². The van der Waals surface area contributed by atoms with Crippen LogP contribution in [0.4, 0.5) is 10.1 Å². The van der Waals surface area contributed by atoms with E-state index in [0.29, 0.717) is 16.1 Å². The number of hydrogen-bond acceptors (Lipinski definition) is 3. The van der Waals surface area contributed by atoms with E-state index in [1.165, 1.54) is 11.0 Å². The molecule has 0 saturated heterocycles. The van der Waals surface area contributed by atoms with E-state index >= 15 is 0 Å². The number of anilines is 1. The van der Waals surface area contributed by atoms with Gasteiger partial charge in [-0.1, -0.05) is 41.9 Å². The highest BCUT2D eigenvalue weighted by atomic mass is 35.5. The molecule has 3 aromatic carbocycles. The van der Waals surface area contributed by atoms with Crippen molar-refractivity contribution in [2.45, 2.75) is 12.7 Å². The van der Waals surface area contributed by atoms with Crippen LogP contribution in [-0.2, 0) is 11.3 Å². The molecule has 1 amide bonds. The molecule has 6 heteroatoms. The summed E-state index contributed by atoms with van der Waals surface area (Å²) >= 11 is 6.24. The SMILES string of the molecule is O=C1c2cccc3c(Cl)ccc(c23)N1C[C@H](O)COCc1ccccc1F. The molecule has 0 saturated carbocycles. The molecule has 1 atom stereocenters. The van der Waals surface area contributed by atoms with Gasteiger partial charge in [-0.15, -0.1) is 0 Å². The zero-order valence-corrected chi connectivity index (χ0v) is 15.1. The predicted octanol–water partition coefficient (Wildman–Crippen LogP) is 4.17. The maximum absolute atomic E-state index is 13.6. The van der Waals surface area contributed by atoms with Gasteiger partial charge in [0.1, 0.15) is 5.82 Å². The lowest BCUT2D eigenvalue weighted by Crippen LogP contribution is -2.37.